The molecule has 1 aromatic heterocycles. The van der Waals surface area contributed by atoms with Crippen LogP contribution in [0, 0.1) is 11.3 Å². The van der Waals surface area contributed by atoms with Crippen molar-refractivity contribution in [3.8, 4) is 17.6 Å². The molecule has 0 N–H and O–H groups in total. The lowest BCUT2D eigenvalue weighted by molar-refractivity contribution is 0.198. The van der Waals surface area contributed by atoms with E-state index in [0.29, 0.717) is 34.6 Å². The Bertz CT molecular complexity index is 975. The fourth-order valence-corrected chi connectivity index (χ4v) is 2.20. The summed E-state index contributed by atoms with van der Waals surface area (Å²) in [4.78, 5) is 12.4. The van der Waals surface area contributed by atoms with Crippen LogP contribution in [0.5, 0.6) is 11.5 Å². The number of hydrogen-bond donors (Lipinski definition) is 0. The molecule has 0 saturated heterocycles. The van der Waals surface area contributed by atoms with Gasteiger partial charge in [-0.05, 0) is 31.2 Å². The van der Waals surface area contributed by atoms with Gasteiger partial charge in [0.15, 0.2) is 18.2 Å². The zero-order valence-corrected chi connectivity index (χ0v) is 13.0. The van der Waals surface area contributed by atoms with Crippen LogP contribution in [-0.4, -0.2) is 21.6 Å². The van der Waals surface area contributed by atoms with Gasteiger partial charge in [0.05, 0.1) is 23.6 Å². The van der Waals surface area contributed by atoms with Gasteiger partial charge in [0, 0.05) is 6.07 Å². The molecule has 7 nitrogen and oxygen atoms in total. The van der Waals surface area contributed by atoms with E-state index in [9.17, 15) is 4.79 Å². The number of nitriles is 1. The van der Waals surface area contributed by atoms with E-state index in [1.807, 2.05) is 13.0 Å². The summed E-state index contributed by atoms with van der Waals surface area (Å²) in [5.74, 6) is 0.871. The molecule has 0 radical (unpaired) electrons. The van der Waals surface area contributed by atoms with Gasteiger partial charge in [-0.3, -0.25) is 4.79 Å². The molecule has 120 valence electrons. The third-order valence-corrected chi connectivity index (χ3v) is 3.34. The van der Waals surface area contributed by atoms with Gasteiger partial charge < -0.3 is 9.47 Å². The Hall–Kier alpha value is -3.40. The van der Waals surface area contributed by atoms with E-state index in [0.717, 1.165) is 4.68 Å². The highest BCUT2D eigenvalue weighted by Gasteiger charge is 2.09. The fourth-order valence-electron chi connectivity index (χ4n) is 2.20. The lowest BCUT2D eigenvalue weighted by Gasteiger charge is -2.12. The zero-order valence-electron chi connectivity index (χ0n) is 13.0. The Labute approximate surface area is 137 Å². The van der Waals surface area contributed by atoms with Crippen molar-refractivity contribution in [3.05, 3.63) is 58.4 Å². The Morgan fingerprint density at radius 2 is 2.00 bits per heavy atom. The van der Waals surface area contributed by atoms with Gasteiger partial charge in [-0.1, -0.05) is 17.3 Å². The van der Waals surface area contributed by atoms with Crippen molar-refractivity contribution < 1.29 is 9.47 Å². The lowest BCUT2D eigenvalue weighted by atomic mass is 10.2. The molecule has 2 aromatic carbocycles. The first-order valence-corrected chi connectivity index (χ1v) is 7.35. The lowest BCUT2D eigenvalue weighted by Crippen LogP contribution is -2.26. The van der Waals surface area contributed by atoms with Gasteiger partial charge in [-0.25, -0.2) is 0 Å². The van der Waals surface area contributed by atoms with Gasteiger partial charge in [0.2, 0.25) is 0 Å². The minimum absolute atomic E-state index is 0.108. The van der Waals surface area contributed by atoms with Gasteiger partial charge in [0.1, 0.15) is 5.52 Å². The number of aromatic nitrogens is 3. The fraction of sp³-hybridized carbons (Fsp3) is 0.176. The normalized spacial score (nSPS) is 10.3. The number of hydrogen-bond acceptors (Lipinski definition) is 6. The standard InChI is InChI=1S/C17H14N4O3/c1-2-23-16-9-12(10-18)7-8-15(16)24-11-21-17(22)13-5-3-4-6-14(13)19-20-21/h3-9H,2,11H2,1H3. The average Bonchev–Trinajstić information content (AvgIpc) is 2.62. The van der Waals surface area contributed by atoms with Gasteiger partial charge in [-0.15, -0.1) is 5.10 Å². The van der Waals surface area contributed by atoms with Crippen molar-refractivity contribution >= 4 is 10.9 Å². The zero-order chi connectivity index (χ0) is 16.9. The first-order valence-electron chi connectivity index (χ1n) is 7.35. The highest BCUT2D eigenvalue weighted by atomic mass is 16.5. The molecular weight excluding hydrogens is 308 g/mol. The minimum Gasteiger partial charge on any atom is -0.490 e. The minimum atomic E-state index is -0.285. The molecule has 0 atom stereocenters. The summed E-state index contributed by atoms with van der Waals surface area (Å²) in [6, 6.07) is 13.9. The van der Waals surface area contributed by atoms with Crippen LogP contribution in [0.4, 0.5) is 0 Å². The molecule has 0 saturated carbocycles. The molecule has 3 aromatic rings. The molecule has 0 fully saturated rings. The van der Waals surface area contributed by atoms with Crippen LogP contribution >= 0.6 is 0 Å². The number of fused-ring (bicyclic) bond motifs is 1. The van der Waals surface area contributed by atoms with Crippen LogP contribution in [0.3, 0.4) is 0 Å². The second-order valence-corrected chi connectivity index (χ2v) is 4.89. The van der Waals surface area contributed by atoms with Gasteiger partial charge in [0.25, 0.3) is 5.56 Å². The molecule has 24 heavy (non-hydrogen) atoms. The average molecular weight is 322 g/mol. The summed E-state index contributed by atoms with van der Waals surface area (Å²) in [5, 5.41) is 17.3. The van der Waals surface area contributed by atoms with Crippen LogP contribution in [0.2, 0.25) is 0 Å². The number of nitrogens with zero attached hydrogens (tertiary/aromatic N) is 4. The first-order chi connectivity index (χ1) is 11.7. The maximum absolute atomic E-state index is 12.4. The van der Waals surface area contributed by atoms with Crippen molar-refractivity contribution in [1.82, 2.24) is 15.0 Å². The maximum atomic E-state index is 12.4. The summed E-state index contributed by atoms with van der Waals surface area (Å²) in [7, 11) is 0. The Morgan fingerprint density at radius 3 is 2.79 bits per heavy atom. The van der Waals surface area contributed by atoms with Crippen LogP contribution in [0.25, 0.3) is 10.9 Å². The first kappa shape index (κ1) is 15.5. The van der Waals surface area contributed by atoms with E-state index in [2.05, 4.69) is 10.3 Å². The Balaban J connectivity index is 1.87. The van der Waals surface area contributed by atoms with Gasteiger partial charge >= 0.3 is 0 Å². The molecule has 0 bridgehead atoms. The SMILES string of the molecule is CCOc1cc(C#N)ccc1OCn1nnc2ccccc2c1=O. The Kier molecular flexibility index (Phi) is 4.38. The Morgan fingerprint density at radius 1 is 1.17 bits per heavy atom. The highest BCUT2D eigenvalue weighted by molar-refractivity contribution is 5.76. The maximum Gasteiger partial charge on any atom is 0.280 e. The van der Waals surface area contributed by atoms with Crippen LogP contribution < -0.4 is 15.0 Å². The third-order valence-electron chi connectivity index (χ3n) is 3.34. The van der Waals surface area contributed by atoms with E-state index in [4.69, 9.17) is 14.7 Å². The van der Waals surface area contributed by atoms with Crippen molar-refractivity contribution in [2.75, 3.05) is 6.61 Å². The largest absolute Gasteiger partial charge is 0.490 e. The van der Waals surface area contributed by atoms with Crippen LogP contribution in [-0.2, 0) is 6.73 Å². The van der Waals surface area contributed by atoms with E-state index in [-0.39, 0.29) is 12.3 Å². The van der Waals surface area contributed by atoms with Crippen molar-refractivity contribution in [2.45, 2.75) is 13.7 Å². The predicted molar refractivity (Wildman–Crippen MR) is 86.8 cm³/mol. The second-order valence-electron chi connectivity index (χ2n) is 4.89. The number of benzene rings is 2. The monoisotopic (exact) mass is 322 g/mol. The smallest absolute Gasteiger partial charge is 0.280 e. The molecule has 1 heterocycles. The molecule has 0 aliphatic rings. The molecule has 0 unspecified atom stereocenters. The van der Waals surface area contributed by atoms with Crippen molar-refractivity contribution in [1.29, 1.82) is 5.26 Å². The van der Waals surface area contributed by atoms with Crippen LogP contribution in [0.1, 0.15) is 12.5 Å². The van der Waals surface area contributed by atoms with E-state index >= 15 is 0 Å². The van der Waals surface area contributed by atoms with E-state index in [1.54, 1.807) is 42.5 Å². The number of ether oxygens (including phenoxy) is 2. The summed E-state index contributed by atoms with van der Waals surface area (Å²) >= 11 is 0. The molecule has 7 heteroatoms. The summed E-state index contributed by atoms with van der Waals surface area (Å²) in [5.41, 5.74) is 0.716. The quantitative estimate of drug-likeness (QED) is 0.714. The van der Waals surface area contributed by atoms with Crippen LogP contribution in [0.15, 0.2) is 47.3 Å². The molecule has 0 aliphatic heterocycles. The third kappa shape index (κ3) is 3.03. The van der Waals surface area contributed by atoms with E-state index < -0.39 is 0 Å². The predicted octanol–water partition coefficient (Wildman–Crippen LogP) is 2.10. The summed E-state index contributed by atoms with van der Waals surface area (Å²) < 4.78 is 12.2. The summed E-state index contributed by atoms with van der Waals surface area (Å²) in [6.07, 6.45) is 0. The molecule has 3 rings (SSSR count). The summed E-state index contributed by atoms with van der Waals surface area (Å²) in [6.45, 7) is 2.16. The van der Waals surface area contributed by atoms with E-state index in [1.165, 1.54) is 0 Å². The second kappa shape index (κ2) is 6.79. The van der Waals surface area contributed by atoms with Gasteiger partial charge in [-0.2, -0.15) is 9.94 Å². The van der Waals surface area contributed by atoms with Crippen molar-refractivity contribution in [3.63, 3.8) is 0 Å². The molecule has 0 amide bonds. The molecular formula is C17H14N4O3. The number of rotatable bonds is 5. The topological polar surface area (TPSA) is 90.0 Å². The van der Waals surface area contributed by atoms with Crippen molar-refractivity contribution in [2.24, 2.45) is 0 Å². The highest BCUT2D eigenvalue weighted by Crippen LogP contribution is 2.28. The molecule has 0 aliphatic carbocycles. The molecule has 0 spiro atoms.